The Labute approximate surface area is 184 Å². The van der Waals surface area contributed by atoms with Gasteiger partial charge in [0.25, 0.3) is 5.91 Å². The Bertz CT molecular complexity index is 1330. The number of nitrogens with one attached hydrogen (secondary N) is 2. The lowest BCUT2D eigenvalue weighted by Gasteiger charge is -2.22. The van der Waals surface area contributed by atoms with E-state index in [0.29, 0.717) is 5.56 Å². The summed E-state index contributed by atoms with van der Waals surface area (Å²) in [6.45, 7) is -0.483. The highest BCUT2D eigenvalue weighted by Gasteiger charge is 2.43. The third-order valence-electron chi connectivity index (χ3n) is 5.83. The van der Waals surface area contributed by atoms with Crippen LogP contribution in [0.15, 0.2) is 42.5 Å². The summed E-state index contributed by atoms with van der Waals surface area (Å²) < 4.78 is 28.6. The molecule has 0 spiro atoms. The Balaban J connectivity index is 1.48. The van der Waals surface area contributed by atoms with Crippen LogP contribution in [0.5, 0.6) is 0 Å². The first kappa shape index (κ1) is 21.8. The fourth-order valence-electron chi connectivity index (χ4n) is 4.09. The van der Waals surface area contributed by atoms with Gasteiger partial charge in [-0.1, -0.05) is 18.2 Å². The SMILES string of the molecule is COC(=O)[C@@H]1C[C@@H](S(C)(=O)=O)CN1C(=O)CNC(=O)c1ccc2[nH]c3ccccc3c2c1. The van der Waals surface area contributed by atoms with Crippen LogP contribution in [0.4, 0.5) is 0 Å². The van der Waals surface area contributed by atoms with E-state index < -0.39 is 38.9 Å². The fourth-order valence-corrected chi connectivity index (χ4v) is 5.05. The van der Waals surface area contributed by atoms with Crippen molar-refractivity contribution in [1.82, 2.24) is 15.2 Å². The van der Waals surface area contributed by atoms with Gasteiger partial charge in [-0.25, -0.2) is 13.2 Å². The van der Waals surface area contributed by atoms with Gasteiger partial charge in [-0.2, -0.15) is 0 Å². The number of amides is 2. The van der Waals surface area contributed by atoms with Crippen molar-refractivity contribution in [1.29, 1.82) is 0 Å². The number of H-pyrrole nitrogens is 1. The largest absolute Gasteiger partial charge is 0.467 e. The number of hydrogen-bond acceptors (Lipinski definition) is 6. The van der Waals surface area contributed by atoms with E-state index in [1.165, 1.54) is 12.0 Å². The molecule has 9 nitrogen and oxygen atoms in total. The predicted octanol–water partition coefficient (Wildman–Crippen LogP) is 1.24. The average molecular weight is 458 g/mol. The van der Waals surface area contributed by atoms with Gasteiger partial charge in [0.2, 0.25) is 5.91 Å². The maximum atomic E-state index is 12.7. The topological polar surface area (TPSA) is 126 Å². The number of methoxy groups -OCH3 is 1. The number of likely N-dealkylation sites (tertiary alicyclic amines) is 1. The quantitative estimate of drug-likeness (QED) is 0.555. The molecule has 1 aromatic heterocycles. The van der Waals surface area contributed by atoms with Crippen molar-refractivity contribution in [2.45, 2.75) is 17.7 Å². The summed E-state index contributed by atoms with van der Waals surface area (Å²) >= 11 is 0. The Hall–Kier alpha value is -3.40. The summed E-state index contributed by atoms with van der Waals surface area (Å²) in [5, 5.41) is 3.59. The highest BCUT2D eigenvalue weighted by atomic mass is 32.2. The van der Waals surface area contributed by atoms with E-state index in [2.05, 4.69) is 10.3 Å². The monoisotopic (exact) mass is 457 g/mol. The van der Waals surface area contributed by atoms with E-state index in [1.54, 1.807) is 18.2 Å². The molecule has 0 unspecified atom stereocenters. The minimum Gasteiger partial charge on any atom is -0.467 e. The van der Waals surface area contributed by atoms with Crippen molar-refractivity contribution in [2.24, 2.45) is 0 Å². The number of rotatable bonds is 5. The molecule has 32 heavy (non-hydrogen) atoms. The first-order valence-electron chi connectivity index (χ1n) is 10.0. The number of sulfone groups is 1. The molecule has 1 aliphatic rings. The Kier molecular flexibility index (Phi) is 5.64. The van der Waals surface area contributed by atoms with Gasteiger partial charge < -0.3 is 19.9 Å². The number of nitrogens with zero attached hydrogens (tertiary/aromatic N) is 1. The normalized spacial score (nSPS) is 18.8. The third-order valence-corrected chi connectivity index (χ3v) is 7.38. The lowest BCUT2D eigenvalue weighted by Crippen LogP contribution is -2.46. The Morgan fingerprint density at radius 3 is 2.56 bits per heavy atom. The van der Waals surface area contributed by atoms with Crippen molar-refractivity contribution >= 4 is 49.4 Å². The van der Waals surface area contributed by atoms with E-state index in [-0.39, 0.29) is 19.5 Å². The van der Waals surface area contributed by atoms with E-state index in [0.717, 1.165) is 28.1 Å². The van der Waals surface area contributed by atoms with Gasteiger partial charge in [-0.15, -0.1) is 0 Å². The number of carbonyl (C=O) groups is 3. The van der Waals surface area contributed by atoms with Crippen molar-refractivity contribution < 1.29 is 27.5 Å². The Morgan fingerprint density at radius 1 is 1.12 bits per heavy atom. The number of benzene rings is 2. The van der Waals surface area contributed by atoms with Crippen LogP contribution in [0.2, 0.25) is 0 Å². The molecule has 0 radical (unpaired) electrons. The second-order valence-corrected chi connectivity index (χ2v) is 10.2. The number of esters is 1. The second kappa shape index (κ2) is 8.27. The van der Waals surface area contributed by atoms with Crippen LogP contribution in [-0.2, 0) is 24.2 Å². The van der Waals surface area contributed by atoms with E-state index in [4.69, 9.17) is 4.74 Å². The van der Waals surface area contributed by atoms with Gasteiger partial charge in [-0.3, -0.25) is 9.59 Å². The number of ether oxygens (including phenoxy) is 1. The van der Waals surface area contributed by atoms with Gasteiger partial charge in [0, 0.05) is 40.2 Å². The highest BCUT2D eigenvalue weighted by molar-refractivity contribution is 7.91. The van der Waals surface area contributed by atoms with Gasteiger partial charge in [0.1, 0.15) is 6.04 Å². The van der Waals surface area contributed by atoms with Crippen LogP contribution in [-0.4, -0.2) is 73.8 Å². The minimum absolute atomic E-state index is 0.0254. The Morgan fingerprint density at radius 2 is 1.84 bits per heavy atom. The number of hydrogen-bond donors (Lipinski definition) is 2. The van der Waals surface area contributed by atoms with Crippen LogP contribution in [0.3, 0.4) is 0 Å². The standard InChI is InChI=1S/C22H23N3O6S/c1-31-22(28)19-10-14(32(2,29)30)12-25(19)20(26)11-23-21(27)13-7-8-18-16(9-13)15-5-3-4-6-17(15)24-18/h3-9,14,19,24H,10-12H2,1-2H3,(H,23,27)/t14-,19+/m1/s1. The first-order chi connectivity index (χ1) is 15.2. The molecule has 1 saturated heterocycles. The summed E-state index contributed by atoms with van der Waals surface area (Å²) in [5.41, 5.74) is 2.23. The zero-order valence-corrected chi connectivity index (χ0v) is 18.4. The number of fused-ring (bicyclic) bond motifs is 3. The molecule has 0 bridgehead atoms. The molecule has 2 amide bonds. The first-order valence-corrected chi connectivity index (χ1v) is 12.0. The van der Waals surface area contributed by atoms with Crippen LogP contribution in [0.25, 0.3) is 21.8 Å². The summed E-state index contributed by atoms with van der Waals surface area (Å²) in [4.78, 5) is 41.9. The fraction of sp³-hybridized carbons (Fsp3) is 0.318. The molecule has 1 aliphatic heterocycles. The van der Waals surface area contributed by atoms with Crippen LogP contribution in [0, 0.1) is 0 Å². The lowest BCUT2D eigenvalue weighted by atomic mass is 10.1. The molecule has 2 N–H and O–H groups in total. The van der Waals surface area contributed by atoms with Crippen LogP contribution in [0.1, 0.15) is 16.8 Å². The number of aromatic nitrogens is 1. The summed E-state index contributed by atoms with van der Waals surface area (Å²) in [6.07, 6.45) is 1.05. The molecule has 168 valence electrons. The highest BCUT2D eigenvalue weighted by Crippen LogP contribution is 2.26. The molecule has 2 aromatic carbocycles. The molecular weight excluding hydrogens is 434 g/mol. The predicted molar refractivity (Wildman–Crippen MR) is 119 cm³/mol. The third kappa shape index (κ3) is 4.05. The van der Waals surface area contributed by atoms with Gasteiger partial charge >= 0.3 is 5.97 Å². The van der Waals surface area contributed by atoms with E-state index >= 15 is 0 Å². The zero-order chi connectivity index (χ0) is 23.0. The van der Waals surface area contributed by atoms with Crippen molar-refractivity contribution in [3.63, 3.8) is 0 Å². The summed E-state index contributed by atoms with van der Waals surface area (Å²) in [5.74, 6) is -1.67. The number of carbonyl (C=O) groups excluding carboxylic acids is 3. The molecule has 2 heterocycles. The molecule has 3 aromatic rings. The molecule has 4 rings (SSSR count). The lowest BCUT2D eigenvalue weighted by molar-refractivity contribution is -0.150. The number of aromatic amines is 1. The molecule has 0 saturated carbocycles. The van der Waals surface area contributed by atoms with E-state index in [1.807, 2.05) is 24.3 Å². The van der Waals surface area contributed by atoms with Crippen molar-refractivity contribution in [3.05, 3.63) is 48.0 Å². The molecule has 0 aliphatic carbocycles. The number of para-hydroxylation sites is 1. The molecule has 10 heteroatoms. The van der Waals surface area contributed by atoms with Crippen molar-refractivity contribution in [2.75, 3.05) is 26.5 Å². The molecule has 2 atom stereocenters. The van der Waals surface area contributed by atoms with Gasteiger partial charge in [-0.05, 0) is 30.7 Å². The summed E-state index contributed by atoms with van der Waals surface area (Å²) in [7, 11) is -2.26. The summed E-state index contributed by atoms with van der Waals surface area (Å²) in [6, 6.07) is 12.0. The van der Waals surface area contributed by atoms with Gasteiger partial charge in [0.05, 0.1) is 18.9 Å². The van der Waals surface area contributed by atoms with Crippen LogP contribution >= 0.6 is 0 Å². The second-order valence-electron chi connectivity index (χ2n) is 7.89. The van der Waals surface area contributed by atoms with E-state index in [9.17, 15) is 22.8 Å². The smallest absolute Gasteiger partial charge is 0.328 e. The van der Waals surface area contributed by atoms with Crippen molar-refractivity contribution in [3.8, 4) is 0 Å². The minimum atomic E-state index is -3.44. The molecular formula is C22H23N3O6S. The maximum absolute atomic E-state index is 12.7. The molecule has 1 fully saturated rings. The average Bonchev–Trinajstić information content (AvgIpc) is 3.38. The van der Waals surface area contributed by atoms with Crippen LogP contribution < -0.4 is 5.32 Å². The zero-order valence-electron chi connectivity index (χ0n) is 17.6. The maximum Gasteiger partial charge on any atom is 0.328 e. The van der Waals surface area contributed by atoms with Gasteiger partial charge in [0.15, 0.2) is 9.84 Å².